The Hall–Kier alpha value is -2.07. The maximum Gasteiger partial charge on any atom is 0.165 e. The summed E-state index contributed by atoms with van der Waals surface area (Å²) in [6.07, 6.45) is 1.91. The SMILES string of the molecule is COc1cccc(CNC2CCc3cc(F)ccc32)c1OC. The molecule has 0 radical (unpaired) electrons. The van der Waals surface area contributed by atoms with Crippen LogP contribution in [0.2, 0.25) is 0 Å². The Morgan fingerprint density at radius 3 is 2.82 bits per heavy atom. The van der Waals surface area contributed by atoms with Crippen molar-refractivity contribution in [2.75, 3.05) is 14.2 Å². The number of benzene rings is 2. The lowest BCUT2D eigenvalue weighted by Crippen LogP contribution is -2.19. The topological polar surface area (TPSA) is 30.5 Å². The molecule has 0 spiro atoms. The molecule has 0 fully saturated rings. The summed E-state index contributed by atoms with van der Waals surface area (Å²) in [5.74, 6) is 1.33. The highest BCUT2D eigenvalue weighted by Gasteiger charge is 2.22. The molecule has 1 N–H and O–H groups in total. The molecule has 116 valence electrons. The van der Waals surface area contributed by atoms with E-state index in [-0.39, 0.29) is 11.9 Å². The lowest BCUT2D eigenvalue weighted by Gasteiger charge is -2.17. The minimum Gasteiger partial charge on any atom is -0.493 e. The molecule has 0 aromatic heterocycles. The van der Waals surface area contributed by atoms with Crippen molar-refractivity contribution in [3.05, 3.63) is 58.9 Å². The number of nitrogens with one attached hydrogen (secondary N) is 1. The zero-order chi connectivity index (χ0) is 15.5. The fourth-order valence-electron chi connectivity index (χ4n) is 3.12. The molecule has 1 unspecified atom stereocenters. The Kier molecular flexibility index (Phi) is 4.29. The van der Waals surface area contributed by atoms with E-state index in [1.807, 2.05) is 24.3 Å². The maximum absolute atomic E-state index is 13.3. The van der Waals surface area contributed by atoms with Gasteiger partial charge in [-0.05, 0) is 42.2 Å². The molecule has 0 aliphatic heterocycles. The van der Waals surface area contributed by atoms with Crippen molar-refractivity contribution in [1.29, 1.82) is 0 Å². The van der Waals surface area contributed by atoms with Gasteiger partial charge in [-0.15, -0.1) is 0 Å². The molecule has 1 aliphatic rings. The highest BCUT2D eigenvalue weighted by molar-refractivity contribution is 5.46. The zero-order valence-corrected chi connectivity index (χ0v) is 12.9. The van der Waals surface area contributed by atoms with Gasteiger partial charge < -0.3 is 14.8 Å². The second kappa shape index (κ2) is 6.36. The van der Waals surface area contributed by atoms with Gasteiger partial charge in [0.05, 0.1) is 14.2 Å². The predicted octanol–water partition coefficient (Wildman–Crippen LogP) is 3.62. The van der Waals surface area contributed by atoms with Crippen LogP contribution >= 0.6 is 0 Å². The molecular weight excluding hydrogens is 281 g/mol. The van der Waals surface area contributed by atoms with Gasteiger partial charge in [-0.3, -0.25) is 0 Å². The van der Waals surface area contributed by atoms with Crippen LogP contribution in [0.5, 0.6) is 11.5 Å². The molecule has 0 saturated heterocycles. The van der Waals surface area contributed by atoms with E-state index >= 15 is 0 Å². The summed E-state index contributed by atoms with van der Waals surface area (Å²) in [7, 11) is 3.28. The number of methoxy groups -OCH3 is 2. The number of hydrogen-bond acceptors (Lipinski definition) is 3. The summed E-state index contributed by atoms with van der Waals surface area (Å²) in [4.78, 5) is 0. The van der Waals surface area contributed by atoms with Crippen molar-refractivity contribution in [1.82, 2.24) is 5.32 Å². The number of rotatable bonds is 5. The van der Waals surface area contributed by atoms with E-state index in [0.29, 0.717) is 6.54 Å². The molecule has 1 aliphatic carbocycles. The van der Waals surface area contributed by atoms with Crippen molar-refractivity contribution in [2.45, 2.75) is 25.4 Å². The Morgan fingerprint density at radius 1 is 1.18 bits per heavy atom. The Morgan fingerprint density at radius 2 is 2.05 bits per heavy atom. The number of hydrogen-bond donors (Lipinski definition) is 1. The van der Waals surface area contributed by atoms with Crippen LogP contribution in [-0.4, -0.2) is 14.2 Å². The second-order valence-corrected chi connectivity index (χ2v) is 5.47. The molecule has 0 saturated carbocycles. The third kappa shape index (κ3) is 2.79. The third-order valence-electron chi connectivity index (χ3n) is 4.21. The molecule has 2 aromatic rings. The quantitative estimate of drug-likeness (QED) is 0.915. The first-order valence-electron chi connectivity index (χ1n) is 7.44. The third-order valence-corrected chi connectivity index (χ3v) is 4.21. The summed E-state index contributed by atoms with van der Waals surface area (Å²) >= 11 is 0. The van der Waals surface area contributed by atoms with Crippen LogP contribution in [0.15, 0.2) is 36.4 Å². The molecule has 4 heteroatoms. The van der Waals surface area contributed by atoms with Gasteiger partial charge in [0.25, 0.3) is 0 Å². The fourth-order valence-corrected chi connectivity index (χ4v) is 3.12. The smallest absolute Gasteiger partial charge is 0.165 e. The summed E-state index contributed by atoms with van der Waals surface area (Å²) in [5, 5.41) is 3.54. The summed E-state index contributed by atoms with van der Waals surface area (Å²) in [6.45, 7) is 0.682. The summed E-state index contributed by atoms with van der Waals surface area (Å²) < 4.78 is 24.0. The van der Waals surface area contributed by atoms with E-state index in [4.69, 9.17) is 9.47 Å². The van der Waals surface area contributed by atoms with E-state index in [1.165, 1.54) is 11.6 Å². The van der Waals surface area contributed by atoms with Crippen LogP contribution in [0.1, 0.15) is 29.2 Å². The van der Waals surface area contributed by atoms with Gasteiger partial charge in [-0.25, -0.2) is 4.39 Å². The van der Waals surface area contributed by atoms with Gasteiger partial charge in [0.2, 0.25) is 0 Å². The minimum absolute atomic E-state index is 0.158. The minimum atomic E-state index is -0.158. The highest BCUT2D eigenvalue weighted by Crippen LogP contribution is 2.34. The molecule has 0 bridgehead atoms. The van der Waals surface area contributed by atoms with Crippen LogP contribution in [-0.2, 0) is 13.0 Å². The number of aryl methyl sites for hydroxylation is 1. The van der Waals surface area contributed by atoms with Crippen LogP contribution in [0.3, 0.4) is 0 Å². The molecule has 22 heavy (non-hydrogen) atoms. The predicted molar refractivity (Wildman–Crippen MR) is 83.8 cm³/mol. The van der Waals surface area contributed by atoms with Crippen LogP contribution in [0.25, 0.3) is 0 Å². The number of halogens is 1. The highest BCUT2D eigenvalue weighted by atomic mass is 19.1. The van der Waals surface area contributed by atoms with Crippen molar-refractivity contribution < 1.29 is 13.9 Å². The molecule has 3 rings (SSSR count). The number of ether oxygens (including phenoxy) is 2. The lowest BCUT2D eigenvalue weighted by atomic mass is 10.1. The lowest BCUT2D eigenvalue weighted by molar-refractivity contribution is 0.349. The maximum atomic E-state index is 13.3. The van der Waals surface area contributed by atoms with E-state index in [1.54, 1.807) is 20.3 Å². The van der Waals surface area contributed by atoms with Gasteiger partial charge in [0.1, 0.15) is 5.82 Å². The summed E-state index contributed by atoms with van der Waals surface area (Å²) in [6, 6.07) is 11.2. The first-order valence-corrected chi connectivity index (χ1v) is 7.44. The Bertz CT molecular complexity index is 672. The second-order valence-electron chi connectivity index (χ2n) is 5.47. The molecule has 1 atom stereocenters. The van der Waals surface area contributed by atoms with Gasteiger partial charge in [-0.2, -0.15) is 0 Å². The van der Waals surface area contributed by atoms with Crippen molar-refractivity contribution in [3.63, 3.8) is 0 Å². The normalized spacial score (nSPS) is 16.4. The van der Waals surface area contributed by atoms with Crippen molar-refractivity contribution in [2.24, 2.45) is 0 Å². The molecule has 0 amide bonds. The molecule has 0 heterocycles. The fraction of sp³-hybridized carbons (Fsp3) is 0.333. The number of fused-ring (bicyclic) bond motifs is 1. The summed E-state index contributed by atoms with van der Waals surface area (Å²) in [5.41, 5.74) is 3.36. The van der Waals surface area contributed by atoms with Crippen molar-refractivity contribution in [3.8, 4) is 11.5 Å². The van der Waals surface area contributed by atoms with Crippen molar-refractivity contribution >= 4 is 0 Å². The Labute approximate surface area is 130 Å². The van der Waals surface area contributed by atoms with Crippen LogP contribution in [0, 0.1) is 5.82 Å². The average molecular weight is 301 g/mol. The van der Waals surface area contributed by atoms with E-state index in [9.17, 15) is 4.39 Å². The van der Waals surface area contributed by atoms with Gasteiger partial charge in [0.15, 0.2) is 11.5 Å². The van der Waals surface area contributed by atoms with E-state index < -0.39 is 0 Å². The Balaban J connectivity index is 1.75. The zero-order valence-electron chi connectivity index (χ0n) is 12.9. The largest absolute Gasteiger partial charge is 0.493 e. The first kappa shape index (κ1) is 14.9. The molecule has 2 aromatic carbocycles. The van der Waals surface area contributed by atoms with Crippen LogP contribution < -0.4 is 14.8 Å². The molecular formula is C18H20FNO2. The number of para-hydroxylation sites is 1. The monoisotopic (exact) mass is 301 g/mol. The van der Waals surface area contributed by atoms with Crippen LogP contribution in [0.4, 0.5) is 4.39 Å². The average Bonchev–Trinajstić information content (AvgIpc) is 2.94. The van der Waals surface area contributed by atoms with Gasteiger partial charge >= 0.3 is 0 Å². The van der Waals surface area contributed by atoms with Gasteiger partial charge in [0, 0.05) is 18.2 Å². The van der Waals surface area contributed by atoms with E-state index in [2.05, 4.69) is 5.32 Å². The van der Waals surface area contributed by atoms with E-state index in [0.717, 1.165) is 35.5 Å². The molecule has 3 nitrogen and oxygen atoms in total. The van der Waals surface area contributed by atoms with Gasteiger partial charge in [-0.1, -0.05) is 18.2 Å². The standard InChI is InChI=1S/C18H20FNO2/c1-21-17-5-3-4-13(18(17)22-2)11-20-16-9-6-12-10-14(19)7-8-15(12)16/h3-5,7-8,10,16,20H,6,9,11H2,1-2H3. The first-order chi connectivity index (χ1) is 10.7.